The van der Waals surface area contributed by atoms with Crippen LogP contribution in [-0.2, 0) is 6.42 Å². The van der Waals surface area contributed by atoms with Gasteiger partial charge in [0.15, 0.2) is 0 Å². The maximum absolute atomic E-state index is 12.0. The second-order valence-corrected chi connectivity index (χ2v) is 5.25. The van der Waals surface area contributed by atoms with Gasteiger partial charge in [-0.2, -0.15) is 0 Å². The highest BCUT2D eigenvalue weighted by atomic mass is 16.2. The van der Waals surface area contributed by atoms with Gasteiger partial charge < -0.3 is 0 Å². The van der Waals surface area contributed by atoms with Gasteiger partial charge in [-0.05, 0) is 43.5 Å². The first-order valence-corrected chi connectivity index (χ1v) is 7.58. The average molecular weight is 312 g/mol. The minimum absolute atomic E-state index is 0.261. The highest BCUT2D eigenvalue weighted by Crippen LogP contribution is 2.05. The molecular formula is C17H20N4O2. The maximum atomic E-state index is 12.0. The highest BCUT2D eigenvalue weighted by Gasteiger charge is 2.10. The maximum Gasteiger partial charge on any atom is 0.288 e. The monoisotopic (exact) mass is 312 g/mol. The molecule has 0 aliphatic heterocycles. The number of amides is 2. The summed E-state index contributed by atoms with van der Waals surface area (Å²) < 4.78 is 0. The molecule has 0 fully saturated rings. The molecule has 0 radical (unpaired) electrons. The second kappa shape index (κ2) is 8.03. The number of hydrogen-bond acceptors (Lipinski definition) is 4. The summed E-state index contributed by atoms with van der Waals surface area (Å²) in [6.07, 6.45) is 6.39. The van der Waals surface area contributed by atoms with Gasteiger partial charge in [0, 0.05) is 23.7 Å². The summed E-state index contributed by atoms with van der Waals surface area (Å²) in [5.41, 5.74) is 7.24. The Balaban J connectivity index is 1.90. The van der Waals surface area contributed by atoms with Crippen LogP contribution in [-0.4, -0.2) is 21.8 Å². The summed E-state index contributed by atoms with van der Waals surface area (Å²) in [5.74, 6) is -0.852. The molecule has 2 heterocycles. The molecule has 2 rings (SSSR count). The molecule has 6 heteroatoms. The van der Waals surface area contributed by atoms with E-state index in [1.54, 1.807) is 37.5 Å². The molecule has 0 aliphatic carbocycles. The van der Waals surface area contributed by atoms with Gasteiger partial charge in [-0.1, -0.05) is 19.4 Å². The van der Waals surface area contributed by atoms with Crippen molar-refractivity contribution in [2.45, 2.75) is 33.1 Å². The fourth-order valence-electron chi connectivity index (χ4n) is 2.02. The molecule has 0 unspecified atom stereocenters. The average Bonchev–Trinajstić information content (AvgIpc) is 2.58. The quantitative estimate of drug-likeness (QED) is 0.829. The number of nitrogens with one attached hydrogen (secondary N) is 2. The molecule has 0 saturated heterocycles. The van der Waals surface area contributed by atoms with E-state index < -0.39 is 11.8 Å². The molecular weight excluding hydrogens is 292 g/mol. The van der Waals surface area contributed by atoms with E-state index in [1.165, 1.54) is 0 Å². The van der Waals surface area contributed by atoms with Gasteiger partial charge in [-0.25, -0.2) is 0 Å². The van der Waals surface area contributed by atoms with Crippen LogP contribution in [0.2, 0.25) is 0 Å². The van der Waals surface area contributed by atoms with Crippen LogP contribution >= 0.6 is 0 Å². The predicted octanol–water partition coefficient (Wildman–Crippen LogP) is 2.20. The Kier molecular flexibility index (Phi) is 5.80. The van der Waals surface area contributed by atoms with E-state index in [4.69, 9.17) is 0 Å². The van der Waals surface area contributed by atoms with E-state index in [0.29, 0.717) is 5.56 Å². The summed E-state index contributed by atoms with van der Waals surface area (Å²) in [5, 5.41) is 0. The first-order valence-electron chi connectivity index (χ1n) is 7.58. The van der Waals surface area contributed by atoms with Gasteiger partial charge >= 0.3 is 0 Å². The van der Waals surface area contributed by atoms with Gasteiger partial charge in [0.25, 0.3) is 11.8 Å². The van der Waals surface area contributed by atoms with Gasteiger partial charge in [0.05, 0.1) is 0 Å². The molecule has 23 heavy (non-hydrogen) atoms. The number of unbranched alkanes of at least 4 members (excludes halogenated alkanes) is 1. The number of carbonyl (C=O) groups is 2. The Morgan fingerprint density at radius 2 is 1.87 bits per heavy atom. The Morgan fingerprint density at radius 1 is 1.09 bits per heavy atom. The predicted molar refractivity (Wildman–Crippen MR) is 86.8 cm³/mol. The lowest BCUT2D eigenvalue weighted by Crippen LogP contribution is -2.42. The Labute approximate surface area is 135 Å². The second-order valence-electron chi connectivity index (χ2n) is 5.25. The lowest BCUT2D eigenvalue weighted by atomic mass is 10.1. The first kappa shape index (κ1) is 16.6. The zero-order valence-electron chi connectivity index (χ0n) is 13.3. The number of pyridine rings is 2. The lowest BCUT2D eigenvalue weighted by Gasteiger charge is -2.07. The van der Waals surface area contributed by atoms with Gasteiger partial charge in [-0.3, -0.25) is 30.4 Å². The van der Waals surface area contributed by atoms with Crippen molar-refractivity contribution in [3.63, 3.8) is 0 Å². The SMILES string of the molecule is CCCCc1ccc(C(=O)NNC(=O)c2ccnc(C)c2)nc1. The number of hydrazine groups is 1. The number of rotatable bonds is 5. The zero-order valence-corrected chi connectivity index (χ0v) is 13.3. The Bertz CT molecular complexity index is 683. The van der Waals surface area contributed by atoms with E-state index in [1.807, 2.05) is 6.07 Å². The number of carbonyl (C=O) groups excluding carboxylic acids is 2. The van der Waals surface area contributed by atoms with Crippen LogP contribution < -0.4 is 10.9 Å². The van der Waals surface area contributed by atoms with Crippen molar-refractivity contribution < 1.29 is 9.59 Å². The Hall–Kier alpha value is -2.76. The third kappa shape index (κ3) is 4.88. The van der Waals surface area contributed by atoms with Gasteiger partial charge in [0.1, 0.15) is 5.69 Å². The molecule has 2 aromatic heterocycles. The molecule has 2 aromatic rings. The zero-order chi connectivity index (χ0) is 16.7. The summed E-state index contributed by atoms with van der Waals surface area (Å²) in [4.78, 5) is 32.0. The van der Waals surface area contributed by atoms with E-state index in [-0.39, 0.29) is 5.69 Å². The standard InChI is InChI=1S/C17H20N4O2/c1-3-4-5-13-6-7-15(19-11-13)17(23)21-20-16(22)14-8-9-18-12(2)10-14/h6-11H,3-5H2,1-2H3,(H,20,22)(H,21,23). The van der Waals surface area contributed by atoms with Crippen LogP contribution in [0.5, 0.6) is 0 Å². The fraction of sp³-hybridized carbons (Fsp3) is 0.294. The van der Waals surface area contributed by atoms with Crippen molar-refractivity contribution in [2.75, 3.05) is 0 Å². The minimum Gasteiger partial charge on any atom is -0.267 e. The van der Waals surface area contributed by atoms with Gasteiger partial charge in [-0.15, -0.1) is 0 Å². The largest absolute Gasteiger partial charge is 0.288 e. The van der Waals surface area contributed by atoms with Crippen molar-refractivity contribution >= 4 is 11.8 Å². The molecule has 0 aliphatic rings. The molecule has 2 amide bonds. The molecule has 0 spiro atoms. The van der Waals surface area contributed by atoms with E-state index in [2.05, 4.69) is 27.7 Å². The highest BCUT2D eigenvalue weighted by molar-refractivity contribution is 5.98. The third-order valence-electron chi connectivity index (χ3n) is 3.32. The van der Waals surface area contributed by atoms with Crippen LogP contribution in [0.3, 0.4) is 0 Å². The summed E-state index contributed by atoms with van der Waals surface area (Å²) in [7, 11) is 0. The van der Waals surface area contributed by atoms with Crippen LogP contribution in [0, 0.1) is 6.92 Å². The summed E-state index contributed by atoms with van der Waals surface area (Å²) >= 11 is 0. The van der Waals surface area contributed by atoms with Crippen LogP contribution in [0.1, 0.15) is 51.9 Å². The first-order chi connectivity index (χ1) is 11.1. The van der Waals surface area contributed by atoms with Crippen LogP contribution in [0.15, 0.2) is 36.7 Å². The molecule has 0 aromatic carbocycles. The van der Waals surface area contributed by atoms with Crippen LogP contribution in [0.25, 0.3) is 0 Å². The molecule has 0 bridgehead atoms. The topological polar surface area (TPSA) is 84.0 Å². The number of aromatic nitrogens is 2. The minimum atomic E-state index is -0.453. The van der Waals surface area contributed by atoms with E-state index in [9.17, 15) is 9.59 Å². The number of nitrogens with zero attached hydrogens (tertiary/aromatic N) is 2. The normalized spacial score (nSPS) is 10.2. The Morgan fingerprint density at radius 3 is 2.52 bits per heavy atom. The van der Waals surface area contributed by atoms with Crippen molar-refractivity contribution in [1.82, 2.24) is 20.8 Å². The van der Waals surface area contributed by atoms with Crippen molar-refractivity contribution in [1.29, 1.82) is 0 Å². The van der Waals surface area contributed by atoms with Crippen LogP contribution in [0.4, 0.5) is 0 Å². The fourth-order valence-corrected chi connectivity index (χ4v) is 2.02. The van der Waals surface area contributed by atoms with Crippen molar-refractivity contribution in [3.8, 4) is 0 Å². The molecule has 2 N–H and O–H groups in total. The molecule has 6 nitrogen and oxygen atoms in total. The number of hydrogen-bond donors (Lipinski definition) is 2. The van der Waals surface area contributed by atoms with Crippen molar-refractivity contribution in [2.24, 2.45) is 0 Å². The van der Waals surface area contributed by atoms with Gasteiger partial charge in [0.2, 0.25) is 0 Å². The van der Waals surface area contributed by atoms with Crippen molar-refractivity contribution in [3.05, 3.63) is 59.2 Å². The number of aryl methyl sites for hydroxylation is 2. The van der Waals surface area contributed by atoms with E-state index >= 15 is 0 Å². The summed E-state index contributed by atoms with van der Waals surface area (Å²) in [6.45, 7) is 3.92. The molecule has 120 valence electrons. The smallest absolute Gasteiger partial charge is 0.267 e. The molecule has 0 saturated carbocycles. The molecule has 0 atom stereocenters. The third-order valence-corrected chi connectivity index (χ3v) is 3.32. The summed E-state index contributed by atoms with van der Waals surface area (Å²) in [6, 6.07) is 6.76. The van der Waals surface area contributed by atoms with E-state index in [0.717, 1.165) is 30.5 Å². The lowest BCUT2D eigenvalue weighted by molar-refractivity contribution is 0.0844.